The van der Waals surface area contributed by atoms with E-state index in [1.807, 2.05) is 6.07 Å². The third kappa shape index (κ3) is 2.18. The molecule has 98 valence electrons. The van der Waals surface area contributed by atoms with Crippen LogP contribution in [0.15, 0.2) is 18.2 Å². The van der Waals surface area contributed by atoms with Gasteiger partial charge in [0.2, 0.25) is 0 Å². The maximum Gasteiger partial charge on any atom is 0.0408 e. The summed E-state index contributed by atoms with van der Waals surface area (Å²) in [5.74, 6) is 0. The second-order valence-corrected chi connectivity index (χ2v) is 5.88. The summed E-state index contributed by atoms with van der Waals surface area (Å²) in [5, 5.41) is 4.27. The van der Waals surface area contributed by atoms with E-state index in [1.165, 1.54) is 36.9 Å². The summed E-state index contributed by atoms with van der Waals surface area (Å²) in [6, 6.07) is 7.78. The fraction of sp³-hybridized carbons (Fsp3) is 0.600. The number of nitrogens with one attached hydrogen (secondary N) is 1. The Morgan fingerprint density at radius 2 is 2.22 bits per heavy atom. The number of hydrogen-bond acceptors (Lipinski definition) is 2. The Morgan fingerprint density at radius 3 is 2.89 bits per heavy atom. The molecule has 1 N–H and O–H groups in total. The van der Waals surface area contributed by atoms with Crippen LogP contribution >= 0.6 is 11.6 Å². The summed E-state index contributed by atoms with van der Waals surface area (Å²) < 4.78 is 0. The summed E-state index contributed by atoms with van der Waals surface area (Å²) in [4.78, 5) is 2.70. The summed E-state index contributed by atoms with van der Waals surface area (Å²) in [6.07, 6.45) is 3.67. The Hall–Kier alpha value is -0.570. The maximum absolute atomic E-state index is 6.09. The standard InChI is InChI=1S/C15H21ClN2/c1-2-7-18(13-9-17-10-13)15-6-3-11-8-12(16)4-5-14(11)15/h4-5,8,13,15,17H,2-3,6-7,9-10H2,1H3. The predicted molar refractivity (Wildman–Crippen MR) is 76.2 cm³/mol. The van der Waals surface area contributed by atoms with E-state index in [-0.39, 0.29) is 0 Å². The van der Waals surface area contributed by atoms with Crippen molar-refractivity contribution in [1.82, 2.24) is 10.2 Å². The van der Waals surface area contributed by atoms with Gasteiger partial charge in [-0.15, -0.1) is 0 Å². The molecule has 1 aliphatic heterocycles. The Morgan fingerprint density at radius 1 is 1.39 bits per heavy atom. The minimum Gasteiger partial charge on any atom is -0.314 e. The molecule has 0 saturated carbocycles. The van der Waals surface area contributed by atoms with E-state index < -0.39 is 0 Å². The summed E-state index contributed by atoms with van der Waals surface area (Å²) in [5.41, 5.74) is 2.97. The highest BCUT2D eigenvalue weighted by atomic mass is 35.5. The molecule has 0 radical (unpaired) electrons. The highest BCUT2D eigenvalue weighted by molar-refractivity contribution is 6.30. The van der Waals surface area contributed by atoms with Crippen LogP contribution in [-0.4, -0.2) is 30.6 Å². The van der Waals surface area contributed by atoms with Crippen LogP contribution in [0.25, 0.3) is 0 Å². The van der Waals surface area contributed by atoms with E-state index in [9.17, 15) is 0 Å². The van der Waals surface area contributed by atoms with E-state index in [0.29, 0.717) is 6.04 Å². The van der Waals surface area contributed by atoms with E-state index in [0.717, 1.165) is 24.2 Å². The zero-order chi connectivity index (χ0) is 12.5. The van der Waals surface area contributed by atoms with Gasteiger partial charge in [-0.2, -0.15) is 0 Å². The lowest BCUT2D eigenvalue weighted by molar-refractivity contribution is 0.0944. The number of halogens is 1. The molecule has 18 heavy (non-hydrogen) atoms. The second-order valence-electron chi connectivity index (χ2n) is 5.45. The monoisotopic (exact) mass is 264 g/mol. The predicted octanol–water partition coefficient (Wildman–Crippen LogP) is 3.01. The van der Waals surface area contributed by atoms with Crippen LogP contribution in [0.1, 0.15) is 36.9 Å². The molecule has 0 bridgehead atoms. The van der Waals surface area contributed by atoms with Gasteiger partial charge in [-0.1, -0.05) is 24.6 Å². The van der Waals surface area contributed by atoms with Crippen LogP contribution in [0.2, 0.25) is 5.02 Å². The van der Waals surface area contributed by atoms with Gasteiger partial charge in [-0.05, 0) is 49.1 Å². The molecule has 1 fully saturated rings. The molecular weight excluding hydrogens is 244 g/mol. The highest BCUT2D eigenvalue weighted by Gasteiger charge is 2.34. The zero-order valence-electron chi connectivity index (χ0n) is 11.0. The normalized spacial score (nSPS) is 23.2. The fourth-order valence-corrected chi connectivity index (χ4v) is 3.46. The van der Waals surface area contributed by atoms with Crippen molar-refractivity contribution in [1.29, 1.82) is 0 Å². The van der Waals surface area contributed by atoms with Crippen molar-refractivity contribution in [2.75, 3.05) is 19.6 Å². The largest absolute Gasteiger partial charge is 0.314 e. The Kier molecular flexibility index (Phi) is 3.60. The lowest BCUT2D eigenvalue weighted by atomic mass is 10.0. The molecule has 0 aromatic heterocycles. The molecule has 0 spiro atoms. The molecule has 1 saturated heterocycles. The van der Waals surface area contributed by atoms with E-state index in [2.05, 4.69) is 29.3 Å². The van der Waals surface area contributed by atoms with Gasteiger partial charge >= 0.3 is 0 Å². The Labute approximate surface area is 114 Å². The summed E-state index contributed by atoms with van der Waals surface area (Å²) in [6.45, 7) is 5.79. The van der Waals surface area contributed by atoms with E-state index in [1.54, 1.807) is 0 Å². The number of nitrogens with zero attached hydrogens (tertiary/aromatic N) is 1. The first kappa shape index (κ1) is 12.5. The molecule has 0 amide bonds. The molecule has 1 atom stereocenters. The summed E-state index contributed by atoms with van der Waals surface area (Å²) >= 11 is 6.09. The Balaban J connectivity index is 1.84. The fourth-order valence-electron chi connectivity index (χ4n) is 3.27. The lowest BCUT2D eigenvalue weighted by Crippen LogP contribution is -2.57. The number of fused-ring (bicyclic) bond motifs is 1. The average Bonchev–Trinajstić information content (AvgIpc) is 2.68. The molecule has 1 unspecified atom stereocenters. The minimum absolute atomic E-state index is 0.615. The SMILES string of the molecule is CCCN(C1CNC1)C1CCc2cc(Cl)ccc21. The smallest absolute Gasteiger partial charge is 0.0408 e. The number of aryl methyl sites for hydroxylation is 1. The van der Waals surface area contributed by atoms with Crippen LogP contribution in [0, 0.1) is 0 Å². The molecular formula is C15H21ClN2. The topological polar surface area (TPSA) is 15.3 Å². The van der Waals surface area contributed by atoms with Crippen LogP contribution in [0.5, 0.6) is 0 Å². The van der Waals surface area contributed by atoms with Gasteiger partial charge in [-0.3, -0.25) is 4.90 Å². The van der Waals surface area contributed by atoms with Crippen molar-refractivity contribution in [2.24, 2.45) is 0 Å². The number of benzene rings is 1. The first-order valence-corrected chi connectivity index (χ1v) is 7.42. The second kappa shape index (κ2) is 5.20. The van der Waals surface area contributed by atoms with Gasteiger partial charge in [0.05, 0.1) is 0 Å². The van der Waals surface area contributed by atoms with Crippen molar-refractivity contribution < 1.29 is 0 Å². The van der Waals surface area contributed by atoms with E-state index in [4.69, 9.17) is 11.6 Å². The minimum atomic E-state index is 0.615. The summed E-state index contributed by atoms with van der Waals surface area (Å²) in [7, 11) is 0. The molecule has 1 aromatic carbocycles. The molecule has 1 heterocycles. The third-order valence-electron chi connectivity index (χ3n) is 4.26. The molecule has 3 heteroatoms. The molecule has 1 aromatic rings. The first-order valence-electron chi connectivity index (χ1n) is 7.04. The van der Waals surface area contributed by atoms with Crippen molar-refractivity contribution in [2.45, 2.75) is 38.3 Å². The first-order chi connectivity index (χ1) is 8.79. The van der Waals surface area contributed by atoms with Crippen molar-refractivity contribution in [3.8, 4) is 0 Å². The molecule has 1 aliphatic carbocycles. The maximum atomic E-state index is 6.09. The van der Waals surface area contributed by atoms with Gasteiger partial charge in [0.15, 0.2) is 0 Å². The molecule has 2 aliphatic rings. The number of hydrogen-bond donors (Lipinski definition) is 1. The van der Waals surface area contributed by atoms with Gasteiger partial charge in [0.25, 0.3) is 0 Å². The van der Waals surface area contributed by atoms with Crippen LogP contribution < -0.4 is 5.32 Å². The van der Waals surface area contributed by atoms with Gasteiger partial charge in [0.1, 0.15) is 0 Å². The van der Waals surface area contributed by atoms with Crippen LogP contribution in [0.3, 0.4) is 0 Å². The average molecular weight is 265 g/mol. The third-order valence-corrected chi connectivity index (χ3v) is 4.50. The van der Waals surface area contributed by atoms with Gasteiger partial charge in [-0.25, -0.2) is 0 Å². The number of rotatable bonds is 4. The van der Waals surface area contributed by atoms with Crippen LogP contribution in [-0.2, 0) is 6.42 Å². The zero-order valence-corrected chi connectivity index (χ0v) is 11.7. The highest BCUT2D eigenvalue weighted by Crippen LogP contribution is 2.38. The quantitative estimate of drug-likeness (QED) is 0.899. The van der Waals surface area contributed by atoms with E-state index >= 15 is 0 Å². The van der Waals surface area contributed by atoms with Crippen LogP contribution in [0.4, 0.5) is 0 Å². The molecule has 3 rings (SSSR count). The lowest BCUT2D eigenvalue weighted by Gasteiger charge is -2.42. The van der Waals surface area contributed by atoms with Gasteiger partial charge in [0, 0.05) is 30.2 Å². The molecule has 2 nitrogen and oxygen atoms in total. The van der Waals surface area contributed by atoms with Gasteiger partial charge < -0.3 is 5.32 Å². The Bertz CT molecular complexity index is 429. The van der Waals surface area contributed by atoms with Crippen molar-refractivity contribution >= 4 is 11.6 Å². The van der Waals surface area contributed by atoms with Crippen molar-refractivity contribution in [3.63, 3.8) is 0 Å². The van der Waals surface area contributed by atoms with Crippen molar-refractivity contribution in [3.05, 3.63) is 34.3 Å².